The maximum absolute atomic E-state index is 11.1. The summed E-state index contributed by atoms with van der Waals surface area (Å²) in [5.74, 6) is 0.616. The Hall–Kier alpha value is -0.970. The van der Waals surface area contributed by atoms with Crippen molar-refractivity contribution in [3.63, 3.8) is 0 Å². The SMILES string of the molecule is Cc1cc(C)nc(NCC(C)S(C)=O)n1. The topological polar surface area (TPSA) is 54.9 Å². The third-order valence-corrected chi connectivity index (χ3v) is 3.40. The maximum atomic E-state index is 11.1. The number of anilines is 1. The summed E-state index contributed by atoms with van der Waals surface area (Å²) in [7, 11) is -0.813. The Labute approximate surface area is 93.0 Å². The smallest absolute Gasteiger partial charge is 0.223 e. The van der Waals surface area contributed by atoms with Crippen molar-refractivity contribution in [1.29, 1.82) is 0 Å². The largest absolute Gasteiger partial charge is 0.353 e. The van der Waals surface area contributed by atoms with Gasteiger partial charge >= 0.3 is 0 Å². The van der Waals surface area contributed by atoms with Crippen molar-refractivity contribution in [2.75, 3.05) is 18.1 Å². The quantitative estimate of drug-likeness (QED) is 0.841. The Morgan fingerprint density at radius 1 is 1.40 bits per heavy atom. The average molecular weight is 227 g/mol. The predicted octanol–water partition coefficient (Wildman–Crippen LogP) is 1.27. The number of aromatic nitrogens is 2. The molecule has 1 aromatic heterocycles. The van der Waals surface area contributed by atoms with Gasteiger partial charge in [0, 0.05) is 40.2 Å². The van der Waals surface area contributed by atoms with E-state index in [0.29, 0.717) is 12.5 Å². The predicted molar refractivity (Wildman–Crippen MR) is 63.5 cm³/mol. The fourth-order valence-corrected chi connectivity index (χ4v) is 1.48. The van der Waals surface area contributed by atoms with Gasteiger partial charge in [0.05, 0.1) is 0 Å². The summed E-state index contributed by atoms with van der Waals surface area (Å²) in [6.07, 6.45) is 1.70. The number of hydrogen-bond donors (Lipinski definition) is 1. The van der Waals surface area contributed by atoms with E-state index in [9.17, 15) is 4.21 Å². The molecule has 0 aliphatic rings. The van der Waals surface area contributed by atoms with E-state index in [0.717, 1.165) is 11.4 Å². The molecule has 0 aliphatic carbocycles. The molecule has 1 N–H and O–H groups in total. The van der Waals surface area contributed by atoms with E-state index >= 15 is 0 Å². The van der Waals surface area contributed by atoms with Gasteiger partial charge in [-0.25, -0.2) is 9.97 Å². The van der Waals surface area contributed by atoms with Crippen LogP contribution in [0.1, 0.15) is 18.3 Å². The zero-order chi connectivity index (χ0) is 11.4. The van der Waals surface area contributed by atoms with Gasteiger partial charge in [0.2, 0.25) is 5.95 Å². The lowest BCUT2D eigenvalue weighted by molar-refractivity contribution is 0.678. The number of nitrogens with zero attached hydrogens (tertiary/aromatic N) is 2. The first-order chi connectivity index (χ1) is 6.99. The number of hydrogen-bond acceptors (Lipinski definition) is 4. The third-order valence-electron chi connectivity index (χ3n) is 2.10. The van der Waals surface area contributed by atoms with Gasteiger partial charge in [-0.2, -0.15) is 0 Å². The minimum absolute atomic E-state index is 0.106. The van der Waals surface area contributed by atoms with E-state index in [1.54, 1.807) is 6.26 Å². The van der Waals surface area contributed by atoms with Crippen molar-refractivity contribution >= 4 is 16.7 Å². The van der Waals surface area contributed by atoms with Crippen LogP contribution in [0.5, 0.6) is 0 Å². The molecule has 2 unspecified atom stereocenters. The Bertz CT molecular complexity index is 347. The fraction of sp³-hybridized carbons (Fsp3) is 0.600. The van der Waals surface area contributed by atoms with Gasteiger partial charge < -0.3 is 5.32 Å². The van der Waals surface area contributed by atoms with Crippen LogP contribution in [0, 0.1) is 13.8 Å². The maximum Gasteiger partial charge on any atom is 0.223 e. The van der Waals surface area contributed by atoms with Crippen LogP contribution in [0.2, 0.25) is 0 Å². The number of nitrogens with one attached hydrogen (secondary N) is 1. The second-order valence-corrected chi connectivity index (χ2v) is 5.47. The molecule has 84 valence electrons. The third kappa shape index (κ3) is 3.95. The van der Waals surface area contributed by atoms with Gasteiger partial charge in [-0.15, -0.1) is 0 Å². The van der Waals surface area contributed by atoms with Crippen LogP contribution in [0.25, 0.3) is 0 Å². The molecule has 1 heterocycles. The van der Waals surface area contributed by atoms with E-state index in [-0.39, 0.29) is 5.25 Å². The first kappa shape index (κ1) is 12.1. The van der Waals surface area contributed by atoms with Crippen LogP contribution in [-0.2, 0) is 10.8 Å². The summed E-state index contributed by atoms with van der Waals surface area (Å²) in [5, 5.41) is 3.20. The first-order valence-corrected chi connectivity index (χ1v) is 6.49. The lowest BCUT2D eigenvalue weighted by atomic mass is 10.3. The molecule has 0 saturated heterocycles. The molecule has 0 radical (unpaired) electrons. The monoisotopic (exact) mass is 227 g/mol. The number of aryl methyl sites for hydroxylation is 2. The highest BCUT2D eigenvalue weighted by Crippen LogP contribution is 2.04. The number of rotatable bonds is 4. The highest BCUT2D eigenvalue weighted by Gasteiger charge is 2.06. The molecule has 0 aliphatic heterocycles. The van der Waals surface area contributed by atoms with Crippen molar-refractivity contribution in [3.05, 3.63) is 17.5 Å². The second-order valence-electron chi connectivity index (χ2n) is 3.66. The van der Waals surface area contributed by atoms with Crippen LogP contribution in [-0.4, -0.2) is 32.2 Å². The summed E-state index contributed by atoms with van der Waals surface area (Å²) in [5.41, 5.74) is 1.88. The Morgan fingerprint density at radius 3 is 2.40 bits per heavy atom. The van der Waals surface area contributed by atoms with Crippen LogP contribution >= 0.6 is 0 Å². The van der Waals surface area contributed by atoms with Crippen LogP contribution < -0.4 is 5.32 Å². The van der Waals surface area contributed by atoms with Crippen molar-refractivity contribution in [2.24, 2.45) is 0 Å². The molecule has 0 fully saturated rings. The Balaban J connectivity index is 2.61. The standard InChI is InChI=1S/C10H17N3OS/c1-7-5-8(2)13-10(12-7)11-6-9(3)15(4)14/h5,9H,6H2,1-4H3,(H,11,12,13). The summed E-state index contributed by atoms with van der Waals surface area (Å²) in [6.45, 7) is 6.43. The normalized spacial score (nSPS) is 14.7. The molecule has 2 atom stereocenters. The molecule has 0 saturated carbocycles. The van der Waals surface area contributed by atoms with Crippen molar-refractivity contribution in [1.82, 2.24) is 9.97 Å². The molecule has 5 heteroatoms. The highest BCUT2D eigenvalue weighted by molar-refractivity contribution is 7.84. The highest BCUT2D eigenvalue weighted by atomic mass is 32.2. The molecule has 0 aromatic carbocycles. The fourth-order valence-electron chi connectivity index (χ4n) is 1.16. The van der Waals surface area contributed by atoms with Crippen LogP contribution in [0.4, 0.5) is 5.95 Å². The molecule has 1 aromatic rings. The van der Waals surface area contributed by atoms with Gasteiger partial charge in [0.25, 0.3) is 0 Å². The lowest BCUT2D eigenvalue weighted by Crippen LogP contribution is -2.21. The Morgan fingerprint density at radius 2 is 1.93 bits per heavy atom. The van der Waals surface area contributed by atoms with E-state index < -0.39 is 10.8 Å². The van der Waals surface area contributed by atoms with Crippen LogP contribution in [0.15, 0.2) is 6.07 Å². The van der Waals surface area contributed by atoms with Gasteiger partial charge in [-0.3, -0.25) is 4.21 Å². The minimum atomic E-state index is -0.813. The van der Waals surface area contributed by atoms with Crippen molar-refractivity contribution < 1.29 is 4.21 Å². The van der Waals surface area contributed by atoms with Gasteiger partial charge in [-0.1, -0.05) is 0 Å². The van der Waals surface area contributed by atoms with Crippen LogP contribution in [0.3, 0.4) is 0 Å². The van der Waals surface area contributed by atoms with E-state index in [2.05, 4.69) is 15.3 Å². The zero-order valence-electron chi connectivity index (χ0n) is 9.57. The molecule has 0 bridgehead atoms. The average Bonchev–Trinajstić information content (AvgIpc) is 2.12. The molecular weight excluding hydrogens is 210 g/mol. The molecule has 0 amide bonds. The summed E-state index contributed by atoms with van der Waals surface area (Å²) >= 11 is 0. The Kier molecular flexibility index (Phi) is 4.20. The van der Waals surface area contributed by atoms with E-state index in [4.69, 9.17) is 0 Å². The van der Waals surface area contributed by atoms with E-state index in [1.165, 1.54) is 0 Å². The minimum Gasteiger partial charge on any atom is -0.353 e. The first-order valence-electron chi connectivity index (χ1n) is 4.87. The molecule has 4 nitrogen and oxygen atoms in total. The van der Waals surface area contributed by atoms with E-state index in [1.807, 2.05) is 26.8 Å². The van der Waals surface area contributed by atoms with Gasteiger partial charge in [-0.05, 0) is 26.8 Å². The molecule has 0 spiro atoms. The molecule has 15 heavy (non-hydrogen) atoms. The van der Waals surface area contributed by atoms with Crippen molar-refractivity contribution in [2.45, 2.75) is 26.0 Å². The summed E-state index contributed by atoms with van der Waals surface area (Å²) in [6, 6.07) is 1.92. The van der Waals surface area contributed by atoms with Gasteiger partial charge in [0.15, 0.2) is 0 Å². The van der Waals surface area contributed by atoms with Gasteiger partial charge in [0.1, 0.15) is 0 Å². The summed E-state index contributed by atoms with van der Waals surface area (Å²) < 4.78 is 11.1. The van der Waals surface area contributed by atoms with Crippen molar-refractivity contribution in [3.8, 4) is 0 Å². The molecular formula is C10H17N3OS. The second kappa shape index (κ2) is 5.21. The molecule has 1 rings (SSSR count). The zero-order valence-corrected chi connectivity index (χ0v) is 10.4. The lowest BCUT2D eigenvalue weighted by Gasteiger charge is -2.10. The summed E-state index contributed by atoms with van der Waals surface area (Å²) in [4.78, 5) is 8.49.